The zero-order valence-corrected chi connectivity index (χ0v) is 11.3. The minimum atomic E-state index is -0.747. The Morgan fingerprint density at radius 3 is 2.32 bits per heavy atom. The molecule has 0 bridgehead atoms. The van der Waals surface area contributed by atoms with Crippen LogP contribution in [0.4, 0.5) is 0 Å². The lowest BCUT2D eigenvalue weighted by Gasteiger charge is -2.36. The van der Waals surface area contributed by atoms with E-state index in [2.05, 4.69) is 4.90 Å². The highest BCUT2D eigenvalue weighted by Gasteiger charge is 2.61. The molecule has 19 heavy (non-hydrogen) atoms. The zero-order chi connectivity index (χ0) is 13.5. The van der Waals surface area contributed by atoms with Gasteiger partial charge in [0.25, 0.3) is 0 Å². The number of carbonyl (C=O) groups excluding carboxylic acids is 1. The molecule has 1 amide bonds. The molecule has 1 aliphatic heterocycles. The fourth-order valence-electron chi connectivity index (χ4n) is 3.55. The Morgan fingerprint density at radius 2 is 1.84 bits per heavy atom. The number of piperazine rings is 1. The molecule has 1 atom stereocenters. The standard InChI is InChI=1S/C14H22N2O3/c17-12(18)2-5-15-6-8-16(9-7-15)13(19)11-10-14(11)3-1-4-14/h11H,1-10H2,(H,17,18)/t11-/m0/s1. The number of hydrogen-bond acceptors (Lipinski definition) is 3. The maximum absolute atomic E-state index is 12.4. The van der Waals surface area contributed by atoms with E-state index in [9.17, 15) is 9.59 Å². The molecule has 0 aromatic heterocycles. The molecule has 1 N–H and O–H groups in total. The van der Waals surface area contributed by atoms with Gasteiger partial charge < -0.3 is 10.0 Å². The highest BCUT2D eigenvalue weighted by Crippen LogP contribution is 2.65. The second-order valence-corrected chi connectivity index (χ2v) is 6.28. The van der Waals surface area contributed by atoms with Crippen LogP contribution >= 0.6 is 0 Å². The first kappa shape index (κ1) is 12.9. The molecule has 3 aliphatic rings. The average Bonchev–Trinajstić information content (AvgIpc) is 3.12. The summed E-state index contributed by atoms with van der Waals surface area (Å²) in [5.41, 5.74) is 0.414. The van der Waals surface area contributed by atoms with E-state index in [0.29, 0.717) is 23.8 Å². The van der Waals surface area contributed by atoms with Gasteiger partial charge in [0.15, 0.2) is 0 Å². The number of carbonyl (C=O) groups is 2. The van der Waals surface area contributed by atoms with Gasteiger partial charge in [-0.1, -0.05) is 6.42 Å². The molecule has 0 aromatic carbocycles. The van der Waals surface area contributed by atoms with Gasteiger partial charge in [-0.3, -0.25) is 14.5 Å². The van der Waals surface area contributed by atoms with Gasteiger partial charge in [-0.25, -0.2) is 0 Å². The SMILES string of the molecule is O=C(O)CCN1CCN(C(=O)[C@@H]2CC23CCC3)CC1. The summed E-state index contributed by atoms with van der Waals surface area (Å²) in [6.45, 7) is 3.78. The van der Waals surface area contributed by atoms with Gasteiger partial charge in [-0.15, -0.1) is 0 Å². The molecule has 106 valence electrons. The third-order valence-electron chi connectivity index (χ3n) is 5.16. The summed E-state index contributed by atoms with van der Waals surface area (Å²) in [6, 6.07) is 0. The predicted molar refractivity (Wildman–Crippen MR) is 69.7 cm³/mol. The predicted octanol–water partition coefficient (Wildman–Crippen LogP) is 0.795. The van der Waals surface area contributed by atoms with E-state index in [0.717, 1.165) is 32.6 Å². The fourth-order valence-corrected chi connectivity index (χ4v) is 3.55. The maximum atomic E-state index is 12.4. The number of amides is 1. The largest absolute Gasteiger partial charge is 0.481 e. The van der Waals surface area contributed by atoms with Gasteiger partial charge in [0.1, 0.15) is 0 Å². The van der Waals surface area contributed by atoms with Gasteiger partial charge in [0.2, 0.25) is 5.91 Å². The van der Waals surface area contributed by atoms with Crippen LogP contribution in [-0.2, 0) is 9.59 Å². The molecule has 0 aromatic rings. The van der Waals surface area contributed by atoms with Crippen LogP contribution in [0.15, 0.2) is 0 Å². The van der Waals surface area contributed by atoms with Crippen molar-refractivity contribution in [2.45, 2.75) is 32.1 Å². The van der Waals surface area contributed by atoms with Crippen molar-refractivity contribution in [1.82, 2.24) is 9.80 Å². The second-order valence-electron chi connectivity index (χ2n) is 6.28. The van der Waals surface area contributed by atoms with E-state index < -0.39 is 5.97 Å². The summed E-state index contributed by atoms with van der Waals surface area (Å²) in [5.74, 6) is -0.0761. The van der Waals surface area contributed by atoms with Crippen LogP contribution in [-0.4, -0.2) is 59.5 Å². The van der Waals surface area contributed by atoms with Crippen molar-refractivity contribution in [1.29, 1.82) is 0 Å². The number of carboxylic acid groups (broad SMARTS) is 1. The molecule has 5 heteroatoms. The third-order valence-corrected chi connectivity index (χ3v) is 5.16. The maximum Gasteiger partial charge on any atom is 0.304 e. The molecule has 1 saturated heterocycles. The molecule has 2 aliphatic carbocycles. The van der Waals surface area contributed by atoms with E-state index >= 15 is 0 Å². The third kappa shape index (κ3) is 2.48. The fraction of sp³-hybridized carbons (Fsp3) is 0.857. The zero-order valence-electron chi connectivity index (χ0n) is 11.3. The van der Waals surface area contributed by atoms with Crippen LogP contribution in [0.5, 0.6) is 0 Å². The Bertz CT molecular complexity index is 384. The molecule has 0 radical (unpaired) electrons. The van der Waals surface area contributed by atoms with Crippen molar-refractivity contribution in [3.05, 3.63) is 0 Å². The number of rotatable bonds is 4. The van der Waals surface area contributed by atoms with Crippen molar-refractivity contribution in [3.63, 3.8) is 0 Å². The Morgan fingerprint density at radius 1 is 1.16 bits per heavy atom. The summed E-state index contributed by atoms with van der Waals surface area (Å²) < 4.78 is 0. The second kappa shape index (κ2) is 4.78. The van der Waals surface area contributed by atoms with Gasteiger partial charge >= 0.3 is 5.97 Å². The van der Waals surface area contributed by atoms with Crippen LogP contribution in [0, 0.1) is 11.3 Å². The smallest absolute Gasteiger partial charge is 0.304 e. The van der Waals surface area contributed by atoms with Gasteiger partial charge in [-0.2, -0.15) is 0 Å². The molecule has 3 fully saturated rings. The monoisotopic (exact) mass is 266 g/mol. The first-order valence-corrected chi connectivity index (χ1v) is 7.34. The van der Waals surface area contributed by atoms with E-state index in [1.54, 1.807) is 0 Å². The van der Waals surface area contributed by atoms with Crippen molar-refractivity contribution >= 4 is 11.9 Å². The first-order chi connectivity index (χ1) is 9.11. The van der Waals surface area contributed by atoms with Crippen molar-refractivity contribution in [3.8, 4) is 0 Å². The van der Waals surface area contributed by atoms with E-state index in [1.807, 2.05) is 4.90 Å². The molecule has 5 nitrogen and oxygen atoms in total. The van der Waals surface area contributed by atoms with Crippen molar-refractivity contribution < 1.29 is 14.7 Å². The summed E-state index contributed by atoms with van der Waals surface area (Å²) in [4.78, 5) is 27.0. The molecular formula is C14H22N2O3. The van der Waals surface area contributed by atoms with Gasteiger partial charge in [0.05, 0.1) is 6.42 Å². The number of nitrogens with zero attached hydrogens (tertiary/aromatic N) is 2. The quantitative estimate of drug-likeness (QED) is 0.817. The van der Waals surface area contributed by atoms with Crippen molar-refractivity contribution in [2.24, 2.45) is 11.3 Å². The van der Waals surface area contributed by atoms with E-state index in [1.165, 1.54) is 19.3 Å². The van der Waals surface area contributed by atoms with Crippen LogP contribution in [0.1, 0.15) is 32.1 Å². The van der Waals surface area contributed by atoms with Gasteiger partial charge in [0, 0.05) is 38.6 Å². The van der Waals surface area contributed by atoms with Crippen LogP contribution < -0.4 is 0 Å². The Hall–Kier alpha value is -1.10. The molecule has 0 unspecified atom stereocenters. The summed E-state index contributed by atoms with van der Waals surface area (Å²) >= 11 is 0. The summed E-state index contributed by atoms with van der Waals surface area (Å²) in [7, 11) is 0. The molecular weight excluding hydrogens is 244 g/mol. The first-order valence-electron chi connectivity index (χ1n) is 7.34. The topological polar surface area (TPSA) is 60.9 Å². The highest BCUT2D eigenvalue weighted by atomic mass is 16.4. The molecule has 1 heterocycles. The lowest BCUT2D eigenvalue weighted by atomic mass is 9.79. The number of aliphatic carboxylic acids is 1. The van der Waals surface area contributed by atoms with Crippen LogP contribution in [0.2, 0.25) is 0 Å². The number of carboxylic acids is 1. The Labute approximate surface area is 113 Å². The summed E-state index contributed by atoms with van der Waals surface area (Å²) in [5, 5.41) is 8.67. The molecule has 2 saturated carbocycles. The minimum absolute atomic E-state index is 0.194. The highest BCUT2D eigenvalue weighted by molar-refractivity contribution is 5.83. The summed E-state index contributed by atoms with van der Waals surface area (Å²) in [6.07, 6.45) is 5.11. The van der Waals surface area contributed by atoms with Gasteiger partial charge in [-0.05, 0) is 24.7 Å². The normalized spacial score (nSPS) is 29.1. The van der Waals surface area contributed by atoms with E-state index in [-0.39, 0.29) is 6.42 Å². The van der Waals surface area contributed by atoms with Crippen molar-refractivity contribution in [2.75, 3.05) is 32.7 Å². The molecule has 3 rings (SSSR count). The van der Waals surface area contributed by atoms with Crippen LogP contribution in [0.25, 0.3) is 0 Å². The Balaban J connectivity index is 1.43. The molecule has 1 spiro atoms. The Kier molecular flexibility index (Phi) is 3.25. The lowest BCUT2D eigenvalue weighted by Crippen LogP contribution is -2.50. The number of hydrogen-bond donors (Lipinski definition) is 1. The lowest BCUT2D eigenvalue weighted by molar-refractivity contribution is -0.139. The minimum Gasteiger partial charge on any atom is -0.481 e. The average molecular weight is 266 g/mol. The van der Waals surface area contributed by atoms with E-state index in [4.69, 9.17) is 5.11 Å². The van der Waals surface area contributed by atoms with Crippen LogP contribution in [0.3, 0.4) is 0 Å².